The van der Waals surface area contributed by atoms with E-state index in [1.165, 1.54) is 5.69 Å². The number of ether oxygens (including phenoxy) is 2. The smallest absolute Gasteiger partial charge is 0.0992 e. The van der Waals surface area contributed by atoms with E-state index in [1.54, 1.807) is 17.5 Å². The predicted molar refractivity (Wildman–Crippen MR) is 92.8 cm³/mol. The van der Waals surface area contributed by atoms with E-state index in [0.29, 0.717) is 12.6 Å². The standard InChI is InChI=1S/C18H23N3O2S/c1-13-20-15(12-24-13)10-21-7-8-22-18-16(21)4-5-17(18)23-11-14-3-2-6-19-9-14/h2-3,6,9,12,16-18H,4-5,7-8,10-11H2,1H3/t16-,17-,18+/m0/s1. The fourth-order valence-electron chi connectivity index (χ4n) is 3.74. The third-order valence-corrected chi connectivity index (χ3v) is 5.69. The molecule has 4 rings (SSSR count). The number of aryl methyl sites for hydroxylation is 1. The van der Waals surface area contributed by atoms with Crippen molar-refractivity contribution in [2.45, 2.75) is 51.2 Å². The highest BCUT2D eigenvalue weighted by Crippen LogP contribution is 2.33. The molecule has 1 aliphatic carbocycles. The lowest BCUT2D eigenvalue weighted by Crippen LogP contribution is -2.51. The first-order valence-electron chi connectivity index (χ1n) is 8.57. The molecule has 3 atom stereocenters. The summed E-state index contributed by atoms with van der Waals surface area (Å²) in [6.07, 6.45) is 6.20. The summed E-state index contributed by atoms with van der Waals surface area (Å²) in [4.78, 5) is 11.3. The molecule has 2 aromatic rings. The molecule has 1 aliphatic heterocycles. The van der Waals surface area contributed by atoms with Crippen molar-refractivity contribution >= 4 is 11.3 Å². The van der Waals surface area contributed by atoms with Gasteiger partial charge in [0.1, 0.15) is 0 Å². The summed E-state index contributed by atoms with van der Waals surface area (Å²) in [5.41, 5.74) is 2.30. The third kappa shape index (κ3) is 3.52. The third-order valence-electron chi connectivity index (χ3n) is 4.87. The van der Waals surface area contributed by atoms with Gasteiger partial charge in [-0.3, -0.25) is 9.88 Å². The molecule has 2 fully saturated rings. The van der Waals surface area contributed by atoms with Gasteiger partial charge in [-0.2, -0.15) is 0 Å². The van der Waals surface area contributed by atoms with Gasteiger partial charge in [0.2, 0.25) is 0 Å². The van der Waals surface area contributed by atoms with Crippen LogP contribution in [0.3, 0.4) is 0 Å². The number of pyridine rings is 1. The van der Waals surface area contributed by atoms with E-state index in [9.17, 15) is 0 Å². The van der Waals surface area contributed by atoms with Crippen LogP contribution < -0.4 is 0 Å². The predicted octanol–water partition coefficient (Wildman–Crippen LogP) is 2.80. The summed E-state index contributed by atoms with van der Waals surface area (Å²) < 4.78 is 12.2. The van der Waals surface area contributed by atoms with Gasteiger partial charge in [-0.25, -0.2) is 4.98 Å². The number of rotatable bonds is 5. The van der Waals surface area contributed by atoms with Crippen molar-refractivity contribution in [3.8, 4) is 0 Å². The Labute approximate surface area is 146 Å². The maximum atomic E-state index is 6.16. The second kappa shape index (κ2) is 7.27. The van der Waals surface area contributed by atoms with E-state index >= 15 is 0 Å². The Morgan fingerprint density at radius 2 is 2.38 bits per heavy atom. The lowest BCUT2D eigenvalue weighted by atomic mass is 10.1. The quantitative estimate of drug-likeness (QED) is 0.834. The van der Waals surface area contributed by atoms with Crippen molar-refractivity contribution in [1.29, 1.82) is 0 Å². The number of hydrogen-bond acceptors (Lipinski definition) is 6. The number of morpholine rings is 1. The Hall–Kier alpha value is -1.34. The van der Waals surface area contributed by atoms with Crippen LogP contribution >= 0.6 is 11.3 Å². The van der Waals surface area contributed by atoms with Crippen LogP contribution in [0.1, 0.15) is 29.1 Å². The lowest BCUT2D eigenvalue weighted by Gasteiger charge is -2.38. The SMILES string of the molecule is Cc1nc(CN2CCO[C@H]3[C@@H](OCc4cccnc4)CC[C@@H]32)cs1. The van der Waals surface area contributed by atoms with Gasteiger partial charge in [-0.15, -0.1) is 11.3 Å². The molecule has 0 bridgehead atoms. The van der Waals surface area contributed by atoms with Gasteiger partial charge in [-0.1, -0.05) is 6.07 Å². The first kappa shape index (κ1) is 16.1. The van der Waals surface area contributed by atoms with Crippen LogP contribution in [-0.4, -0.2) is 46.3 Å². The molecule has 0 spiro atoms. The highest BCUT2D eigenvalue weighted by atomic mass is 32.1. The Morgan fingerprint density at radius 3 is 3.17 bits per heavy atom. The monoisotopic (exact) mass is 345 g/mol. The van der Waals surface area contributed by atoms with Crippen LogP contribution in [0.2, 0.25) is 0 Å². The molecule has 1 saturated heterocycles. The first-order valence-corrected chi connectivity index (χ1v) is 9.45. The zero-order valence-electron chi connectivity index (χ0n) is 13.9. The maximum Gasteiger partial charge on any atom is 0.0992 e. The van der Waals surface area contributed by atoms with E-state index in [-0.39, 0.29) is 12.2 Å². The summed E-state index contributed by atoms with van der Waals surface area (Å²) in [5.74, 6) is 0. The van der Waals surface area contributed by atoms with Crippen molar-refractivity contribution in [3.63, 3.8) is 0 Å². The molecular formula is C18H23N3O2S. The fraction of sp³-hybridized carbons (Fsp3) is 0.556. The summed E-state index contributed by atoms with van der Waals surface area (Å²) in [7, 11) is 0. The Morgan fingerprint density at radius 1 is 1.42 bits per heavy atom. The molecule has 24 heavy (non-hydrogen) atoms. The van der Waals surface area contributed by atoms with Crippen LogP contribution in [-0.2, 0) is 22.6 Å². The molecule has 0 unspecified atom stereocenters. The number of thiazole rings is 1. The molecule has 128 valence electrons. The highest BCUT2D eigenvalue weighted by molar-refractivity contribution is 7.09. The fourth-order valence-corrected chi connectivity index (χ4v) is 4.35. The Bertz CT molecular complexity index is 663. The molecular weight excluding hydrogens is 322 g/mol. The van der Waals surface area contributed by atoms with E-state index in [1.807, 2.05) is 12.3 Å². The average molecular weight is 345 g/mol. The minimum atomic E-state index is 0.176. The molecule has 6 heteroatoms. The molecule has 2 aliphatic rings. The molecule has 2 aromatic heterocycles. The Kier molecular flexibility index (Phi) is 4.89. The average Bonchev–Trinajstić information content (AvgIpc) is 3.21. The van der Waals surface area contributed by atoms with Crippen LogP contribution in [0, 0.1) is 6.92 Å². The van der Waals surface area contributed by atoms with Crippen LogP contribution in [0.5, 0.6) is 0 Å². The van der Waals surface area contributed by atoms with Gasteiger partial charge in [0.25, 0.3) is 0 Å². The van der Waals surface area contributed by atoms with Gasteiger partial charge in [0, 0.05) is 36.9 Å². The van der Waals surface area contributed by atoms with E-state index in [4.69, 9.17) is 9.47 Å². The second-order valence-corrected chi connectivity index (χ2v) is 7.58. The van der Waals surface area contributed by atoms with Crippen LogP contribution in [0.4, 0.5) is 0 Å². The molecule has 0 N–H and O–H groups in total. The first-order chi connectivity index (χ1) is 11.8. The van der Waals surface area contributed by atoms with Crippen LogP contribution in [0.15, 0.2) is 29.9 Å². The summed E-state index contributed by atoms with van der Waals surface area (Å²) >= 11 is 1.72. The molecule has 3 heterocycles. The summed E-state index contributed by atoms with van der Waals surface area (Å²) in [5, 5.41) is 3.31. The summed E-state index contributed by atoms with van der Waals surface area (Å²) in [6.45, 7) is 5.35. The lowest BCUT2D eigenvalue weighted by molar-refractivity contribution is -0.118. The van der Waals surface area contributed by atoms with Crippen molar-refractivity contribution in [2.24, 2.45) is 0 Å². The molecule has 1 saturated carbocycles. The van der Waals surface area contributed by atoms with Crippen molar-refractivity contribution in [1.82, 2.24) is 14.9 Å². The minimum absolute atomic E-state index is 0.176. The number of nitrogens with zero attached hydrogens (tertiary/aromatic N) is 3. The maximum absolute atomic E-state index is 6.16. The largest absolute Gasteiger partial charge is 0.373 e. The highest BCUT2D eigenvalue weighted by Gasteiger charge is 2.43. The number of hydrogen-bond donors (Lipinski definition) is 0. The van der Waals surface area contributed by atoms with E-state index < -0.39 is 0 Å². The zero-order chi connectivity index (χ0) is 16.4. The van der Waals surface area contributed by atoms with E-state index in [2.05, 4.69) is 33.2 Å². The molecule has 5 nitrogen and oxygen atoms in total. The molecule has 0 aromatic carbocycles. The molecule has 0 radical (unpaired) electrons. The van der Waals surface area contributed by atoms with Gasteiger partial charge in [0.05, 0.1) is 36.1 Å². The minimum Gasteiger partial charge on any atom is -0.373 e. The van der Waals surface area contributed by atoms with Gasteiger partial charge >= 0.3 is 0 Å². The normalized spacial score (nSPS) is 27.3. The van der Waals surface area contributed by atoms with Crippen molar-refractivity contribution < 1.29 is 9.47 Å². The molecule has 0 amide bonds. The van der Waals surface area contributed by atoms with Crippen molar-refractivity contribution in [3.05, 3.63) is 46.2 Å². The number of fused-ring (bicyclic) bond motifs is 1. The topological polar surface area (TPSA) is 47.5 Å². The van der Waals surface area contributed by atoms with Gasteiger partial charge < -0.3 is 9.47 Å². The van der Waals surface area contributed by atoms with Gasteiger partial charge in [0.15, 0.2) is 0 Å². The van der Waals surface area contributed by atoms with Crippen molar-refractivity contribution in [2.75, 3.05) is 13.2 Å². The number of aromatic nitrogens is 2. The second-order valence-electron chi connectivity index (χ2n) is 6.52. The van der Waals surface area contributed by atoms with Gasteiger partial charge in [-0.05, 0) is 31.4 Å². The van der Waals surface area contributed by atoms with Crippen LogP contribution in [0.25, 0.3) is 0 Å². The summed E-state index contributed by atoms with van der Waals surface area (Å²) in [6, 6.07) is 4.45. The zero-order valence-corrected chi connectivity index (χ0v) is 14.7. The Balaban J connectivity index is 1.37. The van der Waals surface area contributed by atoms with E-state index in [0.717, 1.165) is 43.1 Å².